The molecule has 0 saturated carbocycles. The number of nitrogen functional groups attached to an aromatic ring is 1. The molecule has 0 aliphatic heterocycles. The topological polar surface area (TPSA) is 51.8 Å². The van der Waals surface area contributed by atoms with E-state index < -0.39 is 0 Å². The Bertz CT molecular complexity index is 477. The molecule has 0 saturated heterocycles. The predicted octanol–water partition coefficient (Wildman–Crippen LogP) is 2.08. The van der Waals surface area contributed by atoms with Crippen molar-refractivity contribution in [2.75, 3.05) is 5.73 Å². The van der Waals surface area contributed by atoms with E-state index in [9.17, 15) is 0 Å². The molecule has 0 aliphatic rings. The Balaban J connectivity index is 2.85. The molecule has 0 aliphatic carbocycles. The third-order valence-electron chi connectivity index (χ3n) is 2.52. The summed E-state index contributed by atoms with van der Waals surface area (Å²) in [7, 11) is 0. The molecule has 0 bridgehead atoms. The van der Waals surface area contributed by atoms with Gasteiger partial charge in [0.15, 0.2) is 0 Å². The number of hydrogen-bond acceptors (Lipinski definition) is 3. The van der Waals surface area contributed by atoms with E-state index in [-0.39, 0.29) is 0 Å². The average Bonchev–Trinajstić information content (AvgIpc) is 2.23. The fourth-order valence-electron chi connectivity index (χ4n) is 1.63. The van der Waals surface area contributed by atoms with Gasteiger partial charge in [-0.15, -0.1) is 0 Å². The van der Waals surface area contributed by atoms with Gasteiger partial charge in [0.25, 0.3) is 0 Å². The molecular weight excluding hydrogens is 174 g/mol. The van der Waals surface area contributed by atoms with Crippen LogP contribution in [0.1, 0.15) is 18.2 Å². The van der Waals surface area contributed by atoms with Crippen LogP contribution in [0.15, 0.2) is 18.5 Å². The number of aromatic nitrogens is 2. The van der Waals surface area contributed by atoms with Gasteiger partial charge in [-0.3, -0.25) is 9.97 Å². The fraction of sp³-hybridized carbons (Fsp3) is 0.273. The van der Waals surface area contributed by atoms with Gasteiger partial charge < -0.3 is 5.73 Å². The number of hydrogen-bond donors (Lipinski definition) is 1. The first kappa shape index (κ1) is 8.94. The van der Waals surface area contributed by atoms with Crippen molar-refractivity contribution in [3.05, 3.63) is 29.7 Å². The molecule has 0 atom stereocenters. The number of aryl methyl sites for hydroxylation is 1. The molecule has 0 spiro atoms. The van der Waals surface area contributed by atoms with Crippen molar-refractivity contribution < 1.29 is 0 Å². The van der Waals surface area contributed by atoms with Crippen molar-refractivity contribution in [1.82, 2.24) is 9.97 Å². The summed E-state index contributed by atoms with van der Waals surface area (Å²) in [5.74, 6) is 0. The Morgan fingerprint density at radius 2 is 2.21 bits per heavy atom. The normalized spacial score (nSPS) is 10.7. The lowest BCUT2D eigenvalue weighted by Crippen LogP contribution is -2.00. The minimum absolute atomic E-state index is 0.828. The van der Waals surface area contributed by atoms with Crippen LogP contribution in [0.3, 0.4) is 0 Å². The SMILES string of the molecule is CCc1nc2cnccc2c(N)c1C. The van der Waals surface area contributed by atoms with Crippen LogP contribution >= 0.6 is 0 Å². The first-order valence-electron chi connectivity index (χ1n) is 4.72. The van der Waals surface area contributed by atoms with Gasteiger partial charge in [-0.25, -0.2) is 0 Å². The van der Waals surface area contributed by atoms with Gasteiger partial charge in [-0.05, 0) is 25.0 Å². The van der Waals surface area contributed by atoms with Crippen molar-refractivity contribution in [3.63, 3.8) is 0 Å². The van der Waals surface area contributed by atoms with Crippen LogP contribution in [0, 0.1) is 6.92 Å². The van der Waals surface area contributed by atoms with Gasteiger partial charge in [-0.1, -0.05) is 6.92 Å². The number of pyridine rings is 2. The van der Waals surface area contributed by atoms with E-state index in [2.05, 4.69) is 16.9 Å². The molecule has 2 rings (SSSR count). The van der Waals surface area contributed by atoms with Crippen LogP contribution < -0.4 is 5.73 Å². The molecule has 0 fully saturated rings. The van der Waals surface area contributed by atoms with Gasteiger partial charge in [0.1, 0.15) is 0 Å². The quantitative estimate of drug-likeness (QED) is 0.743. The van der Waals surface area contributed by atoms with Crippen LogP contribution in [-0.2, 0) is 6.42 Å². The standard InChI is InChI=1S/C11H13N3/c1-3-9-7(2)11(12)8-4-5-13-6-10(8)14-9/h4-6H,3H2,1-2H3,(H2,12,14). The van der Waals surface area contributed by atoms with E-state index in [1.165, 1.54) is 0 Å². The third kappa shape index (κ3) is 1.21. The maximum absolute atomic E-state index is 6.03. The molecular formula is C11H13N3. The Labute approximate surface area is 83.0 Å². The summed E-state index contributed by atoms with van der Waals surface area (Å²) in [4.78, 5) is 8.55. The fourth-order valence-corrected chi connectivity index (χ4v) is 1.63. The zero-order valence-electron chi connectivity index (χ0n) is 8.41. The maximum atomic E-state index is 6.03. The molecule has 0 aromatic carbocycles. The molecule has 2 heterocycles. The van der Waals surface area contributed by atoms with E-state index in [0.717, 1.165) is 34.3 Å². The predicted molar refractivity (Wildman–Crippen MR) is 58.1 cm³/mol. The minimum atomic E-state index is 0.828. The summed E-state index contributed by atoms with van der Waals surface area (Å²) in [6.45, 7) is 4.10. The molecule has 2 N–H and O–H groups in total. The summed E-state index contributed by atoms with van der Waals surface area (Å²) in [6.07, 6.45) is 4.40. The molecule has 72 valence electrons. The Hall–Kier alpha value is -1.64. The smallest absolute Gasteiger partial charge is 0.0909 e. The van der Waals surface area contributed by atoms with Gasteiger partial charge in [0, 0.05) is 23.0 Å². The summed E-state index contributed by atoms with van der Waals surface area (Å²) in [5.41, 5.74) is 9.88. The van der Waals surface area contributed by atoms with Crippen LogP contribution in [0.25, 0.3) is 10.9 Å². The van der Waals surface area contributed by atoms with Crippen LogP contribution in [0.5, 0.6) is 0 Å². The van der Waals surface area contributed by atoms with E-state index in [1.54, 1.807) is 12.4 Å². The van der Waals surface area contributed by atoms with E-state index in [4.69, 9.17) is 5.73 Å². The lowest BCUT2D eigenvalue weighted by molar-refractivity contribution is 1.03. The highest BCUT2D eigenvalue weighted by molar-refractivity contribution is 5.91. The van der Waals surface area contributed by atoms with Crippen molar-refractivity contribution in [3.8, 4) is 0 Å². The molecule has 0 radical (unpaired) electrons. The third-order valence-corrected chi connectivity index (χ3v) is 2.52. The highest BCUT2D eigenvalue weighted by Gasteiger charge is 2.06. The summed E-state index contributed by atoms with van der Waals surface area (Å²) < 4.78 is 0. The van der Waals surface area contributed by atoms with Crippen LogP contribution in [-0.4, -0.2) is 9.97 Å². The molecule has 2 aromatic heterocycles. The lowest BCUT2D eigenvalue weighted by atomic mass is 10.1. The highest BCUT2D eigenvalue weighted by atomic mass is 14.8. The Morgan fingerprint density at radius 3 is 2.93 bits per heavy atom. The van der Waals surface area contributed by atoms with Crippen molar-refractivity contribution >= 4 is 16.6 Å². The number of fused-ring (bicyclic) bond motifs is 1. The van der Waals surface area contributed by atoms with Crippen molar-refractivity contribution in [1.29, 1.82) is 0 Å². The number of nitrogens with zero attached hydrogens (tertiary/aromatic N) is 2. The lowest BCUT2D eigenvalue weighted by Gasteiger charge is -2.08. The second kappa shape index (κ2) is 3.25. The number of rotatable bonds is 1. The van der Waals surface area contributed by atoms with Crippen LogP contribution in [0.4, 0.5) is 5.69 Å². The molecule has 0 amide bonds. The first-order valence-corrected chi connectivity index (χ1v) is 4.72. The zero-order chi connectivity index (χ0) is 10.1. The van der Waals surface area contributed by atoms with E-state index in [0.29, 0.717) is 0 Å². The Kier molecular flexibility index (Phi) is 2.08. The Morgan fingerprint density at radius 1 is 1.43 bits per heavy atom. The molecule has 0 unspecified atom stereocenters. The zero-order valence-corrected chi connectivity index (χ0v) is 8.41. The minimum Gasteiger partial charge on any atom is -0.398 e. The highest BCUT2D eigenvalue weighted by Crippen LogP contribution is 2.24. The summed E-state index contributed by atoms with van der Waals surface area (Å²) >= 11 is 0. The van der Waals surface area contributed by atoms with Gasteiger partial charge >= 0.3 is 0 Å². The van der Waals surface area contributed by atoms with E-state index in [1.807, 2.05) is 13.0 Å². The first-order chi connectivity index (χ1) is 6.74. The molecule has 2 aromatic rings. The van der Waals surface area contributed by atoms with Gasteiger partial charge in [0.05, 0.1) is 11.7 Å². The van der Waals surface area contributed by atoms with Crippen molar-refractivity contribution in [2.24, 2.45) is 0 Å². The number of nitrogens with two attached hydrogens (primary N) is 1. The van der Waals surface area contributed by atoms with Gasteiger partial charge in [0.2, 0.25) is 0 Å². The second-order valence-electron chi connectivity index (χ2n) is 3.34. The van der Waals surface area contributed by atoms with Gasteiger partial charge in [-0.2, -0.15) is 0 Å². The molecule has 14 heavy (non-hydrogen) atoms. The molecule has 3 heteroatoms. The summed E-state index contributed by atoms with van der Waals surface area (Å²) in [6, 6.07) is 1.91. The van der Waals surface area contributed by atoms with E-state index >= 15 is 0 Å². The van der Waals surface area contributed by atoms with Crippen LogP contribution in [0.2, 0.25) is 0 Å². The summed E-state index contributed by atoms with van der Waals surface area (Å²) in [5, 5.41) is 0.995. The monoisotopic (exact) mass is 187 g/mol. The largest absolute Gasteiger partial charge is 0.398 e. The average molecular weight is 187 g/mol. The molecule has 3 nitrogen and oxygen atoms in total. The number of anilines is 1. The maximum Gasteiger partial charge on any atom is 0.0909 e. The second-order valence-corrected chi connectivity index (χ2v) is 3.34. The van der Waals surface area contributed by atoms with Crippen molar-refractivity contribution in [2.45, 2.75) is 20.3 Å².